The molecule has 2 saturated heterocycles. The molecular formula is C53H61N9O15. The molecular weight excluding hydrogens is 1000 g/mol. The molecule has 0 saturated carbocycles. The molecule has 4 aromatic rings. The number of azide groups is 3. The van der Waals surface area contributed by atoms with E-state index < -0.39 is 104 Å². The average Bonchev–Trinajstić information content (AvgIpc) is 3.46. The summed E-state index contributed by atoms with van der Waals surface area (Å²) in [5.41, 5.74) is 30.6. The summed E-state index contributed by atoms with van der Waals surface area (Å²) in [6.07, 6.45) is -15.8. The lowest BCUT2D eigenvalue weighted by Gasteiger charge is -2.49. The van der Waals surface area contributed by atoms with Crippen LogP contribution in [-0.2, 0) is 58.8 Å². The Morgan fingerprint density at radius 1 is 0.623 bits per heavy atom. The van der Waals surface area contributed by atoms with E-state index in [1.54, 1.807) is 68.4 Å². The molecule has 4 aromatic carbocycles. The molecule has 0 amide bonds. The summed E-state index contributed by atoms with van der Waals surface area (Å²) >= 11 is 0. The Labute approximate surface area is 443 Å². The first-order chi connectivity index (χ1) is 37.4. The molecule has 0 spiro atoms. The van der Waals surface area contributed by atoms with Crippen molar-refractivity contribution in [3.63, 3.8) is 0 Å². The molecule has 0 radical (unpaired) electrons. The third kappa shape index (κ3) is 16.5. The van der Waals surface area contributed by atoms with Crippen LogP contribution in [0.15, 0.2) is 137 Å². The second kappa shape index (κ2) is 30.2. The number of rotatable bonds is 27. The molecule has 2 fully saturated rings. The number of carbonyl (C=O) groups is 4. The minimum Gasteiger partial charge on any atom is -0.469 e. The highest BCUT2D eigenvalue weighted by Gasteiger charge is 2.55. The third-order valence-corrected chi connectivity index (χ3v) is 12.7. The number of ether oxygens (including phenoxy) is 10. The van der Waals surface area contributed by atoms with E-state index >= 15 is 0 Å². The number of hydrogen-bond donors (Lipinski definition) is 1. The lowest BCUT2D eigenvalue weighted by atomic mass is 9.94. The van der Waals surface area contributed by atoms with Crippen LogP contribution >= 0.6 is 0 Å². The van der Waals surface area contributed by atoms with Gasteiger partial charge in [-0.1, -0.05) is 114 Å². The summed E-state index contributed by atoms with van der Waals surface area (Å²) < 4.78 is 62.0. The Kier molecular flexibility index (Phi) is 23.0. The topological polar surface area (TPSA) is 327 Å². The van der Waals surface area contributed by atoms with E-state index in [0.29, 0.717) is 19.3 Å². The molecule has 408 valence electrons. The highest BCUT2D eigenvalue weighted by atomic mass is 16.8. The van der Waals surface area contributed by atoms with Gasteiger partial charge in [0, 0.05) is 27.8 Å². The molecule has 0 aromatic heterocycles. The van der Waals surface area contributed by atoms with Crippen molar-refractivity contribution in [1.29, 1.82) is 0 Å². The number of carbonyl (C=O) groups excluding carboxylic acids is 4. The number of aliphatic hydroxyl groups excluding tert-OH is 1. The van der Waals surface area contributed by atoms with E-state index in [-0.39, 0.29) is 48.7 Å². The van der Waals surface area contributed by atoms with E-state index in [0.717, 1.165) is 5.56 Å². The Bertz CT molecular complexity index is 2660. The van der Waals surface area contributed by atoms with Crippen LogP contribution in [-0.4, -0.2) is 129 Å². The Morgan fingerprint density at radius 3 is 1.68 bits per heavy atom. The maximum Gasteiger partial charge on any atom is 0.338 e. The Hall–Kier alpha value is -7.59. The summed E-state index contributed by atoms with van der Waals surface area (Å²) in [5, 5.41) is 24.5. The molecule has 2 aliphatic rings. The Morgan fingerprint density at radius 2 is 1.14 bits per heavy atom. The molecule has 2 aliphatic heterocycles. The minimum atomic E-state index is -2.42. The molecule has 11 unspecified atom stereocenters. The second-order valence-corrected chi connectivity index (χ2v) is 17.8. The van der Waals surface area contributed by atoms with Crippen LogP contribution in [0.1, 0.15) is 89.5 Å². The highest BCUT2D eigenvalue weighted by Crippen LogP contribution is 2.37. The van der Waals surface area contributed by atoms with Gasteiger partial charge in [0.25, 0.3) is 0 Å². The van der Waals surface area contributed by atoms with Crippen LogP contribution in [0.25, 0.3) is 31.3 Å². The molecule has 77 heavy (non-hydrogen) atoms. The predicted octanol–water partition coefficient (Wildman–Crippen LogP) is 9.02. The zero-order chi connectivity index (χ0) is 55.1. The van der Waals surface area contributed by atoms with Gasteiger partial charge >= 0.3 is 23.9 Å². The first kappa shape index (κ1) is 58.7. The van der Waals surface area contributed by atoms with Gasteiger partial charge in [-0.05, 0) is 91.7 Å². The summed E-state index contributed by atoms with van der Waals surface area (Å²) in [5.74, 6) is -3.27. The summed E-state index contributed by atoms with van der Waals surface area (Å²) in [7, 11) is 1.31. The monoisotopic (exact) mass is 1060 g/mol. The molecule has 0 aliphatic carbocycles. The normalized spacial score (nSPS) is 24.4. The maximum absolute atomic E-state index is 14.1. The molecule has 24 nitrogen and oxygen atoms in total. The standard InChI is InChI=1S/C53H61N9O15/c1-5-38(57-60-54)42(73-48(64)35-23-13-7-14-24-35)45(75-50(66)37-27-17-9-18-28-37)51(67)76-47-44(74-49(65)36-25-15-8-16-26-36)41(59-62-56)33(3)72-53(47)77-43-40(58-61-55)32(2)71-52(69-30-20-10-19-29-39(63)68-4)46(43)70-31-34-21-11-6-12-22-34/h6-9,11-18,21-28,32-33,38,40-47,51-53,67H,5,10,19-20,29-31H2,1-4H3/t32?,33?,38?,40?,41?,42?,43?,44?,45?,46?,47?,51-,52+,53-/m1/s1. The number of esters is 4. The van der Waals surface area contributed by atoms with Gasteiger partial charge in [-0.15, -0.1) is 0 Å². The lowest BCUT2D eigenvalue weighted by Crippen LogP contribution is -2.65. The van der Waals surface area contributed by atoms with Crippen molar-refractivity contribution in [3.05, 3.63) is 175 Å². The van der Waals surface area contributed by atoms with Gasteiger partial charge in [0.05, 0.1) is 54.7 Å². The average molecular weight is 1060 g/mol. The van der Waals surface area contributed by atoms with E-state index in [1.165, 1.54) is 50.4 Å². The number of methoxy groups -OCH3 is 1. The first-order valence-electron chi connectivity index (χ1n) is 25.0. The fourth-order valence-corrected chi connectivity index (χ4v) is 8.67. The van der Waals surface area contributed by atoms with Crippen molar-refractivity contribution >= 4 is 23.9 Å². The van der Waals surface area contributed by atoms with Gasteiger partial charge in [-0.3, -0.25) is 4.79 Å². The molecule has 2 heterocycles. The second-order valence-electron chi connectivity index (χ2n) is 17.8. The van der Waals surface area contributed by atoms with E-state index in [2.05, 4.69) is 30.1 Å². The highest BCUT2D eigenvalue weighted by molar-refractivity contribution is 5.90. The van der Waals surface area contributed by atoms with Crippen LogP contribution in [0, 0.1) is 0 Å². The minimum absolute atomic E-state index is 0.000955. The van der Waals surface area contributed by atoms with Crippen molar-refractivity contribution in [2.75, 3.05) is 13.7 Å². The van der Waals surface area contributed by atoms with Crippen molar-refractivity contribution in [2.24, 2.45) is 15.3 Å². The quantitative estimate of drug-likeness (QED) is 0.0111. The number of unbranched alkanes of at least 4 members (excludes halogenated alkanes) is 2. The fourth-order valence-electron chi connectivity index (χ4n) is 8.67. The number of benzene rings is 4. The van der Waals surface area contributed by atoms with E-state index in [1.807, 2.05) is 30.3 Å². The van der Waals surface area contributed by atoms with Gasteiger partial charge in [-0.2, -0.15) is 0 Å². The van der Waals surface area contributed by atoms with Crippen LogP contribution in [0.2, 0.25) is 0 Å². The van der Waals surface area contributed by atoms with Crippen molar-refractivity contribution in [3.8, 4) is 0 Å². The summed E-state index contributed by atoms with van der Waals surface area (Å²) in [6, 6.07) is 28.3. The molecule has 0 bridgehead atoms. The van der Waals surface area contributed by atoms with Crippen LogP contribution in [0.3, 0.4) is 0 Å². The maximum atomic E-state index is 14.1. The van der Waals surface area contributed by atoms with Gasteiger partial charge < -0.3 is 52.5 Å². The molecule has 24 heteroatoms. The largest absolute Gasteiger partial charge is 0.469 e. The van der Waals surface area contributed by atoms with Crippen LogP contribution in [0.4, 0.5) is 0 Å². The lowest BCUT2D eigenvalue weighted by molar-refractivity contribution is -0.355. The van der Waals surface area contributed by atoms with Crippen LogP contribution < -0.4 is 0 Å². The number of nitrogens with zero attached hydrogens (tertiary/aromatic N) is 9. The number of aliphatic hydroxyl groups is 1. The van der Waals surface area contributed by atoms with Crippen LogP contribution in [0.5, 0.6) is 0 Å². The van der Waals surface area contributed by atoms with Crippen molar-refractivity contribution < 1.29 is 71.7 Å². The summed E-state index contributed by atoms with van der Waals surface area (Å²) in [4.78, 5) is 63.0. The van der Waals surface area contributed by atoms with Gasteiger partial charge in [0.15, 0.2) is 31.1 Å². The summed E-state index contributed by atoms with van der Waals surface area (Å²) in [6.45, 7) is 4.81. The third-order valence-electron chi connectivity index (χ3n) is 12.7. The first-order valence-corrected chi connectivity index (χ1v) is 25.0. The predicted molar refractivity (Wildman–Crippen MR) is 272 cm³/mol. The molecule has 6 rings (SSSR count). The van der Waals surface area contributed by atoms with Gasteiger partial charge in [0.1, 0.15) is 30.5 Å². The van der Waals surface area contributed by atoms with E-state index in [9.17, 15) is 40.9 Å². The van der Waals surface area contributed by atoms with Crippen molar-refractivity contribution in [2.45, 2.75) is 145 Å². The van der Waals surface area contributed by atoms with Gasteiger partial charge in [-0.25, -0.2) is 14.4 Å². The smallest absolute Gasteiger partial charge is 0.338 e. The number of hydrogen-bond acceptors (Lipinski definition) is 18. The molecule has 1 N–H and O–H groups in total. The van der Waals surface area contributed by atoms with Crippen molar-refractivity contribution in [1.82, 2.24) is 0 Å². The van der Waals surface area contributed by atoms with Gasteiger partial charge in [0.2, 0.25) is 0 Å². The fraction of sp³-hybridized carbons (Fsp3) is 0.472. The zero-order valence-electron chi connectivity index (χ0n) is 42.8. The van der Waals surface area contributed by atoms with E-state index in [4.69, 9.17) is 47.4 Å². The Balaban J connectivity index is 1.47. The SMILES string of the molecule is CCC(N=[N+]=[N-])C(OC(=O)c1ccccc1)C(OC(=O)c1ccccc1)[C@H](O)OC1C(OC(=O)c2ccccc2)C(N=[N+]=[N-])C(C)O[C@@H]1OC1C(N=[N+]=[N-])C(C)O[C@H](OCCCCCC(=O)OC)C1OCc1ccccc1. The molecule has 14 atom stereocenters. The zero-order valence-corrected chi connectivity index (χ0v) is 42.8.